The van der Waals surface area contributed by atoms with Crippen molar-refractivity contribution in [3.8, 4) is 5.75 Å². The fourth-order valence-corrected chi connectivity index (χ4v) is 2.79. The Balaban J connectivity index is 1.88. The van der Waals surface area contributed by atoms with Gasteiger partial charge in [0.1, 0.15) is 11.9 Å². The molecule has 1 heterocycles. The van der Waals surface area contributed by atoms with Gasteiger partial charge in [-0.25, -0.2) is 0 Å². The number of carbonyl (C=O) groups is 1. The van der Waals surface area contributed by atoms with Crippen LogP contribution in [0, 0.1) is 0 Å². The van der Waals surface area contributed by atoms with Crippen LogP contribution in [-0.4, -0.2) is 50.1 Å². The molecule has 1 fully saturated rings. The molecule has 3 N–H and O–H groups in total. The number of hydrogen-bond acceptors (Lipinski definition) is 4. The second kappa shape index (κ2) is 8.36. The van der Waals surface area contributed by atoms with E-state index in [4.69, 9.17) is 22.1 Å². The second-order valence-corrected chi connectivity index (χ2v) is 6.23. The molecule has 0 bridgehead atoms. The van der Waals surface area contributed by atoms with Crippen molar-refractivity contribution in [1.29, 1.82) is 0 Å². The molecule has 1 saturated heterocycles. The number of benzene rings is 1. The Morgan fingerprint density at radius 1 is 1.55 bits per heavy atom. The van der Waals surface area contributed by atoms with Gasteiger partial charge in [-0.2, -0.15) is 0 Å². The minimum Gasteiger partial charge on any atom is -0.489 e. The highest BCUT2D eigenvalue weighted by molar-refractivity contribution is 6.30. The first-order valence-corrected chi connectivity index (χ1v) is 8.05. The number of hydrogen-bond donors (Lipinski definition) is 2. The quantitative estimate of drug-likeness (QED) is 0.710. The number of likely N-dealkylation sites (N-methyl/N-ethyl adjacent to an activating group) is 1. The largest absolute Gasteiger partial charge is 0.489 e. The molecule has 1 aromatic rings. The molecule has 1 amide bonds. The van der Waals surface area contributed by atoms with E-state index in [1.54, 1.807) is 0 Å². The Labute approximate surface area is 136 Å². The Hall–Kier alpha value is -1.30. The van der Waals surface area contributed by atoms with E-state index >= 15 is 0 Å². The van der Waals surface area contributed by atoms with Gasteiger partial charge in [-0.05, 0) is 50.6 Å². The lowest BCUT2D eigenvalue weighted by atomic mass is 10.1. The maximum absolute atomic E-state index is 10.7. The first-order chi connectivity index (χ1) is 10.5. The molecule has 0 saturated carbocycles. The number of aryl methyl sites for hydroxylation is 1. The lowest BCUT2D eigenvalue weighted by Gasteiger charge is -2.17. The summed E-state index contributed by atoms with van der Waals surface area (Å²) in [5.41, 5.74) is 6.24. The Morgan fingerprint density at radius 2 is 2.36 bits per heavy atom. The zero-order chi connectivity index (χ0) is 15.9. The number of nitrogens with one attached hydrogen (secondary N) is 1. The van der Waals surface area contributed by atoms with Gasteiger partial charge in [0.05, 0.1) is 6.54 Å². The average molecular weight is 326 g/mol. The van der Waals surface area contributed by atoms with Crippen molar-refractivity contribution in [2.24, 2.45) is 5.73 Å². The summed E-state index contributed by atoms with van der Waals surface area (Å²) in [5.74, 6) is 0.545. The van der Waals surface area contributed by atoms with E-state index in [2.05, 4.69) is 17.3 Å². The molecule has 0 aromatic heterocycles. The molecule has 2 rings (SSSR count). The van der Waals surface area contributed by atoms with Crippen LogP contribution in [0.15, 0.2) is 18.2 Å². The van der Waals surface area contributed by atoms with E-state index in [1.165, 1.54) is 0 Å². The monoisotopic (exact) mass is 325 g/mol. The summed E-state index contributed by atoms with van der Waals surface area (Å²) in [6.07, 6.45) is 3.06. The van der Waals surface area contributed by atoms with Crippen LogP contribution in [0.25, 0.3) is 0 Å². The maximum Gasteiger partial charge on any atom is 0.231 e. The fraction of sp³-hybridized carbons (Fsp3) is 0.562. The van der Waals surface area contributed by atoms with Crippen LogP contribution in [0.2, 0.25) is 5.02 Å². The van der Waals surface area contributed by atoms with E-state index in [0.717, 1.165) is 50.2 Å². The lowest BCUT2D eigenvalue weighted by molar-refractivity contribution is -0.117. The summed E-state index contributed by atoms with van der Waals surface area (Å²) in [6.45, 7) is 2.99. The molecule has 1 unspecified atom stereocenters. The van der Waals surface area contributed by atoms with Crippen molar-refractivity contribution in [2.75, 3.05) is 33.2 Å². The molecule has 0 spiro atoms. The number of nitrogens with zero attached hydrogens (tertiary/aromatic N) is 1. The van der Waals surface area contributed by atoms with Crippen LogP contribution in [0.4, 0.5) is 0 Å². The molecular formula is C16H24ClN3O2. The highest BCUT2D eigenvalue weighted by atomic mass is 35.5. The van der Waals surface area contributed by atoms with Crippen LogP contribution in [-0.2, 0) is 11.2 Å². The SMILES string of the molecule is CN1CCC(Oc2cc(Cl)ccc2CCCNCC(N)=O)C1. The minimum absolute atomic E-state index is 0.221. The molecule has 22 heavy (non-hydrogen) atoms. The summed E-state index contributed by atoms with van der Waals surface area (Å²) in [7, 11) is 2.10. The molecule has 1 aromatic carbocycles. The van der Waals surface area contributed by atoms with Gasteiger partial charge in [-0.15, -0.1) is 0 Å². The molecule has 1 aliphatic heterocycles. The molecule has 5 nitrogen and oxygen atoms in total. The Kier molecular flexibility index (Phi) is 6.49. The minimum atomic E-state index is -0.333. The second-order valence-electron chi connectivity index (χ2n) is 5.79. The summed E-state index contributed by atoms with van der Waals surface area (Å²) in [5, 5.41) is 3.71. The summed E-state index contributed by atoms with van der Waals surface area (Å²) in [4.78, 5) is 12.9. The van der Waals surface area contributed by atoms with Crippen LogP contribution < -0.4 is 15.8 Å². The molecule has 1 atom stereocenters. The third kappa shape index (κ3) is 5.48. The zero-order valence-electron chi connectivity index (χ0n) is 13.0. The van der Waals surface area contributed by atoms with Gasteiger partial charge in [-0.1, -0.05) is 17.7 Å². The molecule has 122 valence electrons. The highest BCUT2D eigenvalue weighted by Crippen LogP contribution is 2.27. The van der Waals surface area contributed by atoms with E-state index in [0.29, 0.717) is 5.02 Å². The topological polar surface area (TPSA) is 67.6 Å². The highest BCUT2D eigenvalue weighted by Gasteiger charge is 2.21. The molecule has 0 radical (unpaired) electrons. The van der Waals surface area contributed by atoms with E-state index in [9.17, 15) is 4.79 Å². The van der Waals surface area contributed by atoms with Crippen molar-refractivity contribution in [3.63, 3.8) is 0 Å². The van der Waals surface area contributed by atoms with Crippen LogP contribution in [0.5, 0.6) is 5.75 Å². The molecular weight excluding hydrogens is 302 g/mol. The van der Waals surface area contributed by atoms with Gasteiger partial charge in [0.15, 0.2) is 0 Å². The van der Waals surface area contributed by atoms with Crippen LogP contribution in [0.3, 0.4) is 0 Å². The van der Waals surface area contributed by atoms with Crippen LogP contribution >= 0.6 is 11.6 Å². The van der Waals surface area contributed by atoms with Gasteiger partial charge in [0.2, 0.25) is 5.91 Å². The third-order valence-electron chi connectivity index (χ3n) is 3.77. The van der Waals surface area contributed by atoms with E-state index < -0.39 is 0 Å². The smallest absolute Gasteiger partial charge is 0.231 e. The van der Waals surface area contributed by atoms with Gasteiger partial charge in [0, 0.05) is 18.1 Å². The number of rotatable bonds is 8. The van der Waals surface area contributed by atoms with E-state index in [1.807, 2.05) is 18.2 Å². The molecule has 6 heteroatoms. The summed E-state index contributed by atoms with van der Waals surface area (Å²) in [6, 6.07) is 5.80. The van der Waals surface area contributed by atoms with Crippen LogP contribution in [0.1, 0.15) is 18.4 Å². The van der Waals surface area contributed by atoms with Crippen molar-refractivity contribution in [3.05, 3.63) is 28.8 Å². The number of likely N-dealkylation sites (tertiary alicyclic amines) is 1. The predicted molar refractivity (Wildman–Crippen MR) is 88.4 cm³/mol. The lowest BCUT2D eigenvalue weighted by Crippen LogP contribution is -2.29. The van der Waals surface area contributed by atoms with Crippen molar-refractivity contribution in [1.82, 2.24) is 10.2 Å². The number of halogens is 1. The van der Waals surface area contributed by atoms with Crippen molar-refractivity contribution in [2.45, 2.75) is 25.4 Å². The number of ether oxygens (including phenoxy) is 1. The van der Waals surface area contributed by atoms with Gasteiger partial charge >= 0.3 is 0 Å². The molecule has 0 aliphatic carbocycles. The summed E-state index contributed by atoms with van der Waals surface area (Å²) >= 11 is 6.10. The Morgan fingerprint density at radius 3 is 3.05 bits per heavy atom. The number of carbonyl (C=O) groups excluding carboxylic acids is 1. The van der Waals surface area contributed by atoms with Crippen molar-refractivity contribution >= 4 is 17.5 Å². The normalized spacial score (nSPS) is 18.5. The first-order valence-electron chi connectivity index (χ1n) is 7.67. The number of nitrogens with two attached hydrogens (primary N) is 1. The summed E-state index contributed by atoms with van der Waals surface area (Å²) < 4.78 is 6.13. The number of amides is 1. The van der Waals surface area contributed by atoms with E-state index in [-0.39, 0.29) is 18.6 Å². The van der Waals surface area contributed by atoms with Gasteiger partial charge < -0.3 is 20.7 Å². The first kappa shape index (κ1) is 17.1. The number of primary amides is 1. The Bertz CT molecular complexity index is 510. The molecule has 1 aliphatic rings. The predicted octanol–water partition coefficient (Wildman–Crippen LogP) is 1.43. The zero-order valence-corrected chi connectivity index (χ0v) is 13.7. The maximum atomic E-state index is 10.7. The standard InChI is InChI=1S/C16H24ClN3O2/c1-20-8-6-14(11-20)22-15-9-13(17)5-4-12(15)3-2-7-19-10-16(18)21/h4-5,9,14,19H,2-3,6-8,10-11H2,1H3,(H2,18,21). The van der Waals surface area contributed by atoms with Crippen molar-refractivity contribution < 1.29 is 9.53 Å². The van der Waals surface area contributed by atoms with Gasteiger partial charge in [0.25, 0.3) is 0 Å². The van der Waals surface area contributed by atoms with Gasteiger partial charge in [-0.3, -0.25) is 4.79 Å². The average Bonchev–Trinajstić information content (AvgIpc) is 2.85. The third-order valence-corrected chi connectivity index (χ3v) is 4.00. The fourth-order valence-electron chi connectivity index (χ4n) is 2.63.